The SMILES string of the molecule is O=[Si]([O-])[O-].O=[Si]([O-])[O-].O=[Si]([O-])[O-].O=[Si]([O-])[O-].O=[Si]([O-])[O-].O=[Si]([O-])[O-].O=[Si]([O-])[O-].O=[Si]([O-])[O-].O=[Si]([O-])[O-].O=[Si]([O-])[O-].O=[Si]([O-])[O-].O=[Si]([O-])[O-].O=[Si]([O-])[O-].O=[Si]([O-])[O-].O=[Si]([O-])[O-].O=[Si]([O-])[O-].[Fe+3].[Fe+3].[Fe+3].[K+].[K+].[K+].[Mn+2].[Mn+2].[Mn+2].[Na+].[Na+].[Na+].[Nb+5].[Nb+5].[Nb+5].[OH-].[OH-].[OH-].[OH-].[OH-].[OH-].[OH-].[OH-].[OH-].[OH-].[OH-].[OH-].[OH-].[OH-].[OH-].[OH-].[Ti+4].[Ti+4].[Ti+4]. The van der Waals surface area contributed by atoms with Gasteiger partial charge in [0.05, 0.1) is 0 Å². The fourth-order valence-electron chi connectivity index (χ4n) is 0. The third-order valence-electron chi connectivity index (χ3n) is 0. The number of hydrogen-bond donors (Lipinski definition) is 0. The molecule has 0 spiro atoms. The van der Waals surface area contributed by atoms with Crippen LogP contribution in [0.2, 0.25) is 0 Å². The Bertz CT molecular complexity index is 924. The first-order valence-electron chi connectivity index (χ1n) is 9.80. The van der Waals surface area contributed by atoms with Gasteiger partial charge in [0.1, 0.15) is 0 Å². The van der Waals surface area contributed by atoms with Gasteiger partial charge in [-0.15, -0.1) is 0 Å². The van der Waals surface area contributed by atoms with E-state index >= 15 is 0 Å². The maximum absolute atomic E-state index is 8.52. The minimum atomic E-state index is -3.63. The van der Waals surface area contributed by atoms with Crippen LogP contribution >= 0.6 is 0 Å². The monoisotopic (exact) mass is 2430 g/mol. The van der Waals surface area contributed by atoms with Crippen molar-refractivity contribution < 1.29 is 790 Å². The van der Waals surface area contributed by atoms with E-state index in [2.05, 4.69) is 0 Å². The Labute approximate surface area is 917 Å². The van der Waals surface area contributed by atoms with Gasteiger partial charge in [-0.05, 0) is 0 Å². The second-order valence-corrected chi connectivity index (χ2v) is 12.0. The average molecular weight is 2430 g/mol. The Kier molecular flexibility index (Phi) is 1370. The largest absolute Gasteiger partial charge is 5.00 e. The molecule has 0 aromatic carbocycles. The van der Waals surface area contributed by atoms with Gasteiger partial charge in [0.15, 0.2) is 0 Å². The van der Waals surface area contributed by atoms with Crippen LogP contribution in [0.25, 0.3) is 0 Å². The average Bonchev–Trinajstić information content (AvgIpc) is 2.83. The third kappa shape index (κ3) is 15100. The molecule has 542 valence electrons. The molecule has 0 amide bonds. The van der Waals surface area contributed by atoms with E-state index in [4.69, 9.17) is 225 Å². The van der Waals surface area contributed by atoms with Crippen LogP contribution in [0.3, 0.4) is 0 Å². The molecule has 98 heavy (non-hydrogen) atoms. The molecule has 0 aromatic rings. The Morgan fingerprint density at radius 3 is 0.133 bits per heavy atom. The van der Waals surface area contributed by atoms with E-state index in [-0.39, 0.29) is 565 Å². The Morgan fingerprint density at radius 2 is 0.133 bits per heavy atom. The van der Waals surface area contributed by atoms with Gasteiger partial charge in [-0.1, -0.05) is 0 Å². The first-order chi connectivity index (χ1) is 27.7. The molecule has 0 fully saturated rings. The summed E-state index contributed by atoms with van der Waals surface area (Å²) in [5.41, 5.74) is 0. The van der Waals surface area contributed by atoms with E-state index in [1.54, 1.807) is 0 Å². The van der Waals surface area contributed by atoms with Crippen LogP contribution in [-0.4, -0.2) is 234 Å². The minimum Gasteiger partial charge on any atom is -0.870 e. The predicted molar refractivity (Wildman–Crippen MR) is 134 cm³/mol. The molecule has 0 aliphatic heterocycles. The summed E-state index contributed by atoms with van der Waals surface area (Å²) in [7, 11) is -58.1. The fourth-order valence-corrected chi connectivity index (χ4v) is 0. The molecule has 0 saturated carbocycles. The molecule has 6 radical (unpaired) electrons. The predicted octanol–water partition coefficient (Wildman–Crippen LogP) is -66.9. The van der Waals surface area contributed by atoms with Crippen molar-refractivity contribution in [2.45, 2.75) is 0 Å². The summed E-state index contributed by atoms with van der Waals surface area (Å²) in [6.45, 7) is 0. The van der Waals surface area contributed by atoms with Crippen molar-refractivity contribution in [2.75, 3.05) is 0 Å². The van der Waals surface area contributed by atoms with E-state index < -0.39 is 147 Å². The van der Waals surface area contributed by atoms with Gasteiger partial charge in [0, 0.05) is 147 Å². The zero-order chi connectivity index (χ0) is 57.2. The van der Waals surface area contributed by atoms with Crippen molar-refractivity contribution in [1.29, 1.82) is 0 Å². The number of rotatable bonds is 0. The van der Waals surface area contributed by atoms with E-state index in [1.807, 2.05) is 0 Å². The van der Waals surface area contributed by atoms with Crippen LogP contribution in [0, 0.1) is 0 Å². The van der Waals surface area contributed by atoms with Gasteiger partial charge in [0.2, 0.25) is 0 Å². The van der Waals surface area contributed by atoms with Crippen LogP contribution < -0.4 is 396 Å². The first kappa shape index (κ1) is 371. The summed E-state index contributed by atoms with van der Waals surface area (Å²) < 4.78 is 136. The minimum absolute atomic E-state index is 0. The third-order valence-corrected chi connectivity index (χ3v) is 0. The molecule has 0 aliphatic carbocycles. The second-order valence-electron chi connectivity index (χ2n) is 4.00. The Balaban J connectivity index is -0.00000000511. The topological polar surface area (TPSA) is 1490 Å². The smallest absolute Gasteiger partial charge is 0.870 e. The Morgan fingerprint density at radius 1 is 0.133 bits per heavy atom. The van der Waals surface area contributed by atoms with E-state index in [9.17, 15) is 0 Å². The van der Waals surface area contributed by atoms with Crippen LogP contribution in [0.1, 0.15) is 0 Å². The van der Waals surface area contributed by atoms with E-state index in [0.29, 0.717) is 0 Å². The van der Waals surface area contributed by atoms with Crippen molar-refractivity contribution in [1.82, 2.24) is 0 Å². The molecule has 0 bridgehead atoms. The first-order valence-corrected chi connectivity index (χ1v) is 29.4. The molecule has 98 heteroatoms. The van der Waals surface area contributed by atoms with Crippen LogP contribution in [0.15, 0.2) is 0 Å². The Hall–Kier alpha value is 8.62. The van der Waals surface area contributed by atoms with Crippen LogP contribution in [-0.2, 0) is 306 Å². The molecule has 0 atom stereocenters. The van der Waals surface area contributed by atoms with Crippen molar-refractivity contribution in [3.63, 3.8) is 0 Å². The fraction of sp³-hybridized carbons (Fsp3) is 0. The summed E-state index contributed by atoms with van der Waals surface area (Å²) in [5, 5.41) is 0. The normalized spacial score (nSPS) is 3.92. The molecular formula is H16Fe3K3Mn3Na3Nb3O64Si16Ti3. The molecule has 0 aromatic heterocycles. The second kappa shape index (κ2) is 361. The van der Waals surface area contributed by atoms with Crippen molar-refractivity contribution in [2.24, 2.45) is 0 Å². The summed E-state index contributed by atoms with van der Waals surface area (Å²) in [6.07, 6.45) is 0. The number of hydrogen-bond acceptors (Lipinski definition) is 64. The summed E-state index contributed by atoms with van der Waals surface area (Å²) >= 11 is 0. The molecule has 16 N–H and O–H groups in total. The standard InChI is InChI=1S/3Fe.3K.3Mn.3Na.3Nb.16O3Si.16H2O.3Ti/c;;;;;;;;;;;;;;;16*1-4(2)3;;;;;;;;;;;;;;;;;;;/h;;;;;;;;;;;;;;;;;;;;;;;;;;;;;;;16*1H2;;;/q3*+3;3*+1;3*+2;3*+1;3*+5;16*-2;;;;;;;;;;;;;;;;;3*+4/p-16. The van der Waals surface area contributed by atoms with E-state index in [1.165, 1.54) is 0 Å². The van der Waals surface area contributed by atoms with Gasteiger partial charge in [-0.3, -0.25) is 0 Å². The van der Waals surface area contributed by atoms with Crippen LogP contribution in [0.5, 0.6) is 0 Å². The molecule has 0 saturated heterocycles. The van der Waals surface area contributed by atoms with Gasteiger partial charge < -0.3 is 312 Å². The zero-order valence-electron chi connectivity index (χ0n) is 45.8. The summed E-state index contributed by atoms with van der Waals surface area (Å²) in [6, 6.07) is 0. The van der Waals surface area contributed by atoms with Gasteiger partial charge in [-0.2, -0.15) is 0 Å². The molecular weight excluding hydrogens is 2410 g/mol. The molecule has 0 unspecified atom stereocenters. The maximum Gasteiger partial charge on any atom is 5.00 e. The van der Waals surface area contributed by atoms with Crippen molar-refractivity contribution in [3.05, 3.63) is 0 Å². The molecule has 64 nitrogen and oxygen atoms in total. The van der Waals surface area contributed by atoms with E-state index in [0.717, 1.165) is 0 Å². The summed E-state index contributed by atoms with van der Waals surface area (Å²) in [4.78, 5) is 273. The molecule has 0 heterocycles. The van der Waals surface area contributed by atoms with Gasteiger partial charge >= 0.3 is 478 Å². The zero-order valence-corrected chi connectivity index (χ0v) is 95.3. The van der Waals surface area contributed by atoms with Crippen molar-refractivity contribution >= 4 is 147 Å². The molecule has 0 aliphatic rings. The van der Waals surface area contributed by atoms with Gasteiger partial charge in [0.25, 0.3) is 0 Å². The summed E-state index contributed by atoms with van der Waals surface area (Å²) in [5.74, 6) is 0. The quantitative estimate of drug-likeness (QED) is 0.203. The van der Waals surface area contributed by atoms with Gasteiger partial charge in [-0.25, -0.2) is 0 Å². The molecule has 0 rings (SSSR count). The van der Waals surface area contributed by atoms with Crippen LogP contribution in [0.4, 0.5) is 0 Å². The maximum atomic E-state index is 8.52. The van der Waals surface area contributed by atoms with Crippen molar-refractivity contribution in [3.8, 4) is 0 Å².